The minimum atomic E-state index is 0.238. The van der Waals surface area contributed by atoms with E-state index in [2.05, 4.69) is 41.5 Å². The van der Waals surface area contributed by atoms with Crippen LogP contribution in [0.25, 0.3) is 0 Å². The predicted octanol–water partition coefficient (Wildman–Crippen LogP) is 3.04. The van der Waals surface area contributed by atoms with Gasteiger partial charge in [0.15, 0.2) is 5.96 Å². The summed E-state index contributed by atoms with van der Waals surface area (Å²) >= 11 is 6.30. The Kier molecular flexibility index (Phi) is 7.54. The lowest BCUT2D eigenvalue weighted by Gasteiger charge is -2.18. The van der Waals surface area contributed by atoms with E-state index < -0.39 is 0 Å². The molecular weight excluding hydrogens is 362 g/mol. The quantitative estimate of drug-likeness (QED) is 0.562. The minimum absolute atomic E-state index is 0.238. The predicted molar refractivity (Wildman–Crippen MR) is 112 cm³/mol. The van der Waals surface area contributed by atoms with Gasteiger partial charge >= 0.3 is 0 Å². The summed E-state index contributed by atoms with van der Waals surface area (Å²) in [6.45, 7) is 7.05. The van der Waals surface area contributed by atoms with E-state index >= 15 is 0 Å². The third-order valence-corrected chi connectivity index (χ3v) is 5.07. The van der Waals surface area contributed by atoms with Gasteiger partial charge in [-0.05, 0) is 56.9 Å². The van der Waals surface area contributed by atoms with Gasteiger partial charge in [0.25, 0.3) is 0 Å². The summed E-state index contributed by atoms with van der Waals surface area (Å²) in [7, 11) is 5.40. The molecule has 0 radical (unpaired) electrons. The highest BCUT2D eigenvalue weighted by Crippen LogP contribution is 2.22. The molecule has 0 saturated carbocycles. The number of methoxy groups -OCH3 is 1. The van der Waals surface area contributed by atoms with E-state index in [1.54, 1.807) is 14.2 Å². The number of hydrogen-bond donors (Lipinski definition) is 2. The van der Waals surface area contributed by atoms with Crippen LogP contribution in [0, 0.1) is 13.8 Å². The number of nitrogens with zero attached hydrogens (tertiary/aromatic N) is 3. The van der Waals surface area contributed by atoms with Crippen molar-refractivity contribution in [3.05, 3.63) is 45.7 Å². The molecule has 27 heavy (non-hydrogen) atoms. The van der Waals surface area contributed by atoms with Crippen molar-refractivity contribution in [1.82, 2.24) is 20.4 Å². The van der Waals surface area contributed by atoms with Gasteiger partial charge in [-0.15, -0.1) is 0 Å². The van der Waals surface area contributed by atoms with Gasteiger partial charge in [0.2, 0.25) is 0 Å². The van der Waals surface area contributed by atoms with Crippen LogP contribution in [0.3, 0.4) is 0 Å². The highest BCUT2D eigenvalue weighted by molar-refractivity contribution is 6.31. The highest BCUT2D eigenvalue weighted by atomic mass is 35.5. The van der Waals surface area contributed by atoms with Crippen molar-refractivity contribution in [2.45, 2.75) is 39.7 Å². The normalized spacial score (nSPS) is 12.8. The number of aryl methyl sites for hydroxylation is 2. The molecular formula is C20H30ClN5O. The molecule has 1 unspecified atom stereocenters. The fraction of sp³-hybridized carbons (Fsp3) is 0.500. The first-order valence-corrected chi connectivity index (χ1v) is 9.52. The Morgan fingerprint density at radius 2 is 2.11 bits per heavy atom. The highest BCUT2D eigenvalue weighted by Gasteiger charge is 2.14. The van der Waals surface area contributed by atoms with Crippen molar-refractivity contribution in [3.8, 4) is 5.75 Å². The molecule has 2 N–H and O–H groups in total. The molecule has 1 heterocycles. The van der Waals surface area contributed by atoms with Crippen LogP contribution in [0.5, 0.6) is 5.75 Å². The molecule has 1 aromatic carbocycles. The maximum atomic E-state index is 6.30. The smallest absolute Gasteiger partial charge is 0.191 e. The van der Waals surface area contributed by atoms with Gasteiger partial charge in [0.05, 0.1) is 12.8 Å². The van der Waals surface area contributed by atoms with Crippen LogP contribution in [0.1, 0.15) is 29.4 Å². The van der Waals surface area contributed by atoms with Crippen LogP contribution in [-0.4, -0.2) is 42.5 Å². The summed E-state index contributed by atoms with van der Waals surface area (Å²) in [5.41, 5.74) is 4.66. The average Bonchev–Trinajstić information content (AvgIpc) is 2.88. The van der Waals surface area contributed by atoms with Gasteiger partial charge in [0, 0.05) is 37.4 Å². The van der Waals surface area contributed by atoms with Crippen molar-refractivity contribution in [2.24, 2.45) is 12.0 Å². The fourth-order valence-electron chi connectivity index (χ4n) is 3.07. The average molecular weight is 392 g/mol. The second-order valence-electron chi connectivity index (χ2n) is 6.73. The van der Waals surface area contributed by atoms with E-state index in [0.717, 1.165) is 47.4 Å². The number of guanidine groups is 1. The van der Waals surface area contributed by atoms with Crippen LogP contribution >= 0.6 is 11.6 Å². The van der Waals surface area contributed by atoms with E-state index in [0.29, 0.717) is 0 Å². The van der Waals surface area contributed by atoms with Gasteiger partial charge in [-0.25, -0.2) is 0 Å². The number of nitrogens with one attached hydrogen (secondary N) is 2. The SMILES string of the molecule is CN=C(NCCc1ccc(OC)cc1Cl)NC(C)Cc1c(C)nn(C)c1C. The van der Waals surface area contributed by atoms with Crippen LogP contribution in [0.2, 0.25) is 5.02 Å². The van der Waals surface area contributed by atoms with E-state index in [9.17, 15) is 0 Å². The number of hydrogen-bond acceptors (Lipinski definition) is 3. The molecule has 0 bridgehead atoms. The Bertz CT molecular complexity index is 800. The molecule has 2 aromatic rings. The van der Waals surface area contributed by atoms with Crippen molar-refractivity contribution >= 4 is 17.6 Å². The van der Waals surface area contributed by atoms with Gasteiger partial charge in [-0.2, -0.15) is 5.10 Å². The first-order valence-electron chi connectivity index (χ1n) is 9.14. The van der Waals surface area contributed by atoms with Gasteiger partial charge < -0.3 is 15.4 Å². The van der Waals surface area contributed by atoms with Crippen LogP contribution in [-0.2, 0) is 19.9 Å². The third kappa shape index (κ3) is 5.63. The second kappa shape index (κ2) is 9.65. The summed E-state index contributed by atoms with van der Waals surface area (Å²) < 4.78 is 7.12. The molecule has 148 valence electrons. The molecule has 0 aliphatic rings. The maximum Gasteiger partial charge on any atom is 0.191 e. The summed E-state index contributed by atoms with van der Waals surface area (Å²) in [6.07, 6.45) is 1.70. The number of aliphatic imine (C=N–C) groups is 1. The number of rotatable bonds is 7. The first kappa shape index (κ1) is 21.1. The van der Waals surface area contributed by atoms with E-state index in [-0.39, 0.29) is 6.04 Å². The topological polar surface area (TPSA) is 63.5 Å². The Morgan fingerprint density at radius 1 is 1.37 bits per heavy atom. The molecule has 0 amide bonds. The molecule has 6 nitrogen and oxygen atoms in total. The standard InChI is InChI=1S/C20H30ClN5O/c1-13(11-18-14(2)25-26(5)15(18)3)24-20(22-4)23-10-9-16-7-8-17(27-6)12-19(16)21/h7-8,12-13H,9-11H2,1-6H3,(H2,22,23,24). The van der Waals surface area contributed by atoms with Crippen molar-refractivity contribution in [2.75, 3.05) is 20.7 Å². The van der Waals surface area contributed by atoms with Crippen molar-refractivity contribution < 1.29 is 4.74 Å². The zero-order valence-electron chi connectivity index (χ0n) is 17.1. The number of benzene rings is 1. The first-order chi connectivity index (χ1) is 12.8. The number of aromatic nitrogens is 2. The van der Waals surface area contributed by atoms with Crippen LogP contribution < -0.4 is 15.4 Å². The molecule has 7 heteroatoms. The summed E-state index contributed by atoms with van der Waals surface area (Å²) in [4.78, 5) is 4.32. The molecule has 0 aliphatic carbocycles. The largest absolute Gasteiger partial charge is 0.497 e. The third-order valence-electron chi connectivity index (χ3n) is 4.72. The van der Waals surface area contributed by atoms with E-state index in [1.807, 2.05) is 29.9 Å². The van der Waals surface area contributed by atoms with Gasteiger partial charge in [-0.1, -0.05) is 17.7 Å². The monoisotopic (exact) mass is 391 g/mol. The lowest BCUT2D eigenvalue weighted by Crippen LogP contribution is -2.43. The molecule has 1 aromatic heterocycles. The number of halogens is 1. The van der Waals surface area contributed by atoms with Crippen molar-refractivity contribution in [3.63, 3.8) is 0 Å². The fourth-order valence-corrected chi connectivity index (χ4v) is 3.34. The second-order valence-corrected chi connectivity index (χ2v) is 7.14. The Balaban J connectivity index is 1.86. The Labute approximate surface area is 167 Å². The Morgan fingerprint density at radius 3 is 2.67 bits per heavy atom. The van der Waals surface area contributed by atoms with Gasteiger partial charge in [0.1, 0.15) is 5.75 Å². The molecule has 1 atom stereocenters. The van der Waals surface area contributed by atoms with Crippen LogP contribution in [0.4, 0.5) is 0 Å². The summed E-state index contributed by atoms with van der Waals surface area (Å²) in [5.74, 6) is 1.55. The zero-order valence-corrected chi connectivity index (χ0v) is 17.8. The lowest BCUT2D eigenvalue weighted by molar-refractivity contribution is 0.414. The molecule has 0 aliphatic heterocycles. The molecule has 0 saturated heterocycles. The number of ether oxygens (including phenoxy) is 1. The Hall–Kier alpha value is -2.21. The van der Waals surface area contributed by atoms with E-state index in [1.165, 1.54) is 11.3 Å². The summed E-state index contributed by atoms with van der Waals surface area (Å²) in [5, 5.41) is 12.0. The summed E-state index contributed by atoms with van der Waals surface area (Å²) in [6, 6.07) is 6.00. The zero-order chi connectivity index (χ0) is 20.0. The van der Waals surface area contributed by atoms with Crippen molar-refractivity contribution in [1.29, 1.82) is 0 Å². The molecule has 0 spiro atoms. The maximum absolute atomic E-state index is 6.30. The van der Waals surface area contributed by atoms with Crippen LogP contribution in [0.15, 0.2) is 23.2 Å². The van der Waals surface area contributed by atoms with E-state index in [4.69, 9.17) is 16.3 Å². The molecule has 2 rings (SSSR count). The van der Waals surface area contributed by atoms with Gasteiger partial charge in [-0.3, -0.25) is 9.67 Å². The lowest BCUT2D eigenvalue weighted by atomic mass is 10.1. The minimum Gasteiger partial charge on any atom is -0.497 e. The molecule has 0 fully saturated rings.